The molecular formula is C60H47F18P3S5. The second kappa shape index (κ2) is 32.8. The molecular weight excluding hydrogens is 1320 g/mol. The van der Waals surface area contributed by atoms with Gasteiger partial charge in [0.05, 0.1) is 32.7 Å². The predicted octanol–water partition coefficient (Wildman–Crippen LogP) is 16.9. The third kappa shape index (κ3) is 30.1. The van der Waals surface area contributed by atoms with Gasteiger partial charge in [0.15, 0.2) is 44.1 Å². The summed E-state index contributed by atoms with van der Waals surface area (Å²) in [6.45, 7) is 0. The summed E-state index contributed by atoms with van der Waals surface area (Å²) in [5.74, 6) is 0. The Morgan fingerprint density at radius 2 is 0.326 bits per heavy atom. The molecule has 0 spiro atoms. The van der Waals surface area contributed by atoms with Crippen LogP contribution in [0.15, 0.2) is 349 Å². The maximum absolute atomic E-state index is 9.84. The number of benzene rings is 10. The average Bonchev–Trinajstić information content (AvgIpc) is 2.48. The van der Waals surface area contributed by atoms with Crippen LogP contribution in [0.25, 0.3) is 0 Å². The maximum atomic E-state index is 9.84. The molecule has 0 aliphatic heterocycles. The van der Waals surface area contributed by atoms with Crippen LogP contribution in [0.4, 0.5) is 63.0 Å². The molecule has 0 atom stereocenters. The van der Waals surface area contributed by atoms with E-state index in [1.165, 1.54) is 63.6 Å². The maximum Gasteiger partial charge on any atom is 0.167 e. The van der Waals surface area contributed by atoms with Gasteiger partial charge in [-0.25, -0.2) is 0 Å². The number of hydrogen-bond donors (Lipinski definition) is 0. The van der Waals surface area contributed by atoms with Crippen LogP contribution in [0.2, 0.25) is 0 Å². The van der Waals surface area contributed by atoms with Gasteiger partial charge in [-0.1, -0.05) is 169 Å². The Morgan fingerprint density at radius 1 is 0.186 bits per heavy atom. The Hall–Kier alpha value is -6.02. The van der Waals surface area contributed by atoms with Crippen LogP contribution in [-0.4, -0.2) is 0 Å². The quantitative estimate of drug-likeness (QED) is 0.0641. The molecule has 0 aromatic heterocycles. The van der Waals surface area contributed by atoms with E-state index in [1.54, 1.807) is 0 Å². The first-order valence-electron chi connectivity index (χ1n) is 24.0. The van der Waals surface area contributed by atoms with Gasteiger partial charge in [0.2, 0.25) is 0 Å². The van der Waals surface area contributed by atoms with Crippen LogP contribution in [0, 0.1) is 0 Å². The normalized spacial score (nSPS) is 12.3. The fourth-order valence-electron chi connectivity index (χ4n) is 7.32. The monoisotopic (exact) mass is 1360 g/mol. The molecule has 0 aliphatic carbocycles. The molecule has 0 heterocycles. The van der Waals surface area contributed by atoms with E-state index in [0.717, 1.165) is 0 Å². The van der Waals surface area contributed by atoms with Crippen LogP contribution in [-0.2, 0) is 32.7 Å². The summed E-state index contributed by atoms with van der Waals surface area (Å²) in [7, 11) is -26.1. The average molecular weight is 1360 g/mol. The van der Waals surface area contributed by atoms with Crippen molar-refractivity contribution >= 4 is 80.7 Å². The predicted molar refractivity (Wildman–Crippen MR) is 317 cm³/mol. The van der Waals surface area contributed by atoms with E-state index in [0.29, 0.717) is 0 Å². The largest absolute Gasteiger partial charge is 1.00 e. The van der Waals surface area contributed by atoms with Crippen LogP contribution < -0.4 is 14.1 Å². The van der Waals surface area contributed by atoms with Crippen molar-refractivity contribution in [2.24, 2.45) is 0 Å². The zero-order valence-corrected chi connectivity index (χ0v) is 50.6. The number of rotatable bonds is 13. The number of halogens is 18. The van der Waals surface area contributed by atoms with Crippen LogP contribution in [0.5, 0.6) is 0 Å². The van der Waals surface area contributed by atoms with Gasteiger partial charge in [0.25, 0.3) is 0 Å². The van der Waals surface area contributed by atoms with E-state index < -0.39 is 24.5 Å². The smallest absolute Gasteiger partial charge is 0.167 e. The molecule has 0 nitrogen and oxygen atoms in total. The van der Waals surface area contributed by atoms with Crippen LogP contribution >= 0.6 is 48.0 Å². The first kappa shape index (κ1) is 74.2. The van der Waals surface area contributed by atoms with Crippen molar-refractivity contribution in [1.82, 2.24) is 0 Å². The Morgan fingerprint density at radius 3 is 0.512 bits per heavy atom. The molecule has 0 fully saturated rings. The molecule has 0 N–H and O–H groups in total. The van der Waals surface area contributed by atoms with Crippen molar-refractivity contribution in [3.63, 3.8) is 0 Å². The fourth-order valence-corrected chi connectivity index (χ4v) is 15.8. The third-order valence-corrected chi connectivity index (χ3v) is 18.8. The van der Waals surface area contributed by atoms with E-state index in [-0.39, 0.29) is 46.8 Å². The van der Waals surface area contributed by atoms with Gasteiger partial charge in [-0.2, -0.15) is 0 Å². The van der Waals surface area contributed by atoms with Gasteiger partial charge in [0, 0.05) is 37.8 Å². The number of hydrogen-bond acceptors (Lipinski definition) is 2. The van der Waals surface area contributed by atoms with Gasteiger partial charge in [-0.05, 0) is 121 Å². The molecule has 26 heteroatoms. The summed E-state index contributed by atoms with van der Waals surface area (Å²) < 4.78 is 148. The molecule has 0 radical (unpaired) electrons. The molecule has 0 unspecified atom stereocenters. The van der Waals surface area contributed by atoms with Crippen LogP contribution in [0.3, 0.4) is 0 Å². The van der Waals surface area contributed by atoms with Crippen molar-refractivity contribution < 1.29 is 77.1 Å². The van der Waals surface area contributed by atoms with Crippen molar-refractivity contribution in [3.05, 3.63) is 285 Å². The zero-order chi connectivity index (χ0) is 60.2. The van der Waals surface area contributed by atoms with Gasteiger partial charge < -0.3 is 14.1 Å². The van der Waals surface area contributed by atoms with Gasteiger partial charge in [-0.3, -0.25) is 0 Å². The minimum Gasteiger partial charge on any atom is -1.00 e. The molecule has 10 rings (SSSR count). The molecule has 0 bridgehead atoms. The van der Waals surface area contributed by atoms with Gasteiger partial charge in [-0.15, -0.1) is 0 Å². The first-order valence-corrected chi connectivity index (χ1v) is 34.4. The summed E-state index contributed by atoms with van der Waals surface area (Å²) in [5, 5.41) is 0. The Bertz CT molecular complexity index is 3220. The topological polar surface area (TPSA) is 0 Å². The third-order valence-electron chi connectivity index (χ3n) is 10.2. The Labute approximate surface area is 503 Å². The molecule has 10 aromatic carbocycles. The van der Waals surface area contributed by atoms with Gasteiger partial charge in [0.1, 0.15) is 0 Å². The Kier molecular flexibility index (Phi) is 28.3. The van der Waals surface area contributed by atoms with E-state index in [9.17, 15) is 63.0 Å². The molecule has 86 heavy (non-hydrogen) atoms. The summed E-state index contributed by atoms with van der Waals surface area (Å²) >= 11 is 3.65. The standard InChI is InChI=1S/C36H28S3.C24H19S2.3F5P.3FH/c1-5-17-31(18-6-1)38(32-19-7-2-8-20-32)35-25-13-15-29(27-35)37-30-16-14-26-36(28-30)39(33-21-9-3-10-22-33)34-23-11-4-12-24-34;1-4-11-20(12-5-1)25-21-13-10-18-24(19-21)26(22-14-6-2-7-15-22)23-16-8-3-9-17-23;3*1-6(2,3,4)5;;;/h1-28H;1-19H;;;;3*1H/q+2;+1;;;;;;/p-3. The second-order valence-corrected chi connectivity index (χ2v) is 28.9. The van der Waals surface area contributed by atoms with Gasteiger partial charge >= 0.3 is 87.4 Å². The molecule has 0 aliphatic rings. The fraction of sp³-hybridized carbons (Fsp3) is 0. The van der Waals surface area contributed by atoms with Crippen LogP contribution in [0.1, 0.15) is 0 Å². The minimum absolute atomic E-state index is 0. The molecule has 0 amide bonds. The van der Waals surface area contributed by atoms with Crippen molar-refractivity contribution in [2.45, 2.75) is 63.6 Å². The zero-order valence-electron chi connectivity index (χ0n) is 43.8. The summed E-state index contributed by atoms with van der Waals surface area (Å²) in [5.41, 5.74) is 0. The summed E-state index contributed by atoms with van der Waals surface area (Å²) in [6.07, 6.45) is 0. The van der Waals surface area contributed by atoms with E-state index >= 15 is 0 Å². The molecule has 458 valence electrons. The van der Waals surface area contributed by atoms with Crippen molar-refractivity contribution in [1.29, 1.82) is 0 Å². The second-order valence-electron chi connectivity index (χ2n) is 16.7. The Balaban J connectivity index is 0.000000354. The SMILES string of the molecule is FP(F)(F)(F)F.FP(F)(F)(F)F.FP(F)(F)(F)F.[F-].[F-].[F-].c1ccc(Sc2cccc([S+](c3ccccc3)c3ccccc3)c2)cc1.c1ccc([S+](c2ccccc2)c2cccc(Sc3cccc([S+](c4ccccc4)c4ccccc4)c3)c2)cc1. The van der Waals surface area contributed by atoms with Crippen molar-refractivity contribution in [3.8, 4) is 0 Å². The summed E-state index contributed by atoms with van der Waals surface area (Å²) in [4.78, 5) is 17.1. The molecule has 10 aromatic rings. The molecule has 0 saturated carbocycles. The van der Waals surface area contributed by atoms with E-state index in [2.05, 4.69) is 285 Å². The first-order chi connectivity index (χ1) is 39.0. The minimum atomic E-state index is -8.55. The summed E-state index contributed by atoms with van der Waals surface area (Å²) in [6, 6.07) is 103. The van der Waals surface area contributed by atoms with E-state index in [1.807, 2.05) is 23.5 Å². The van der Waals surface area contributed by atoms with E-state index in [4.69, 9.17) is 0 Å². The van der Waals surface area contributed by atoms with Crippen molar-refractivity contribution in [2.75, 3.05) is 0 Å². The molecule has 0 saturated heterocycles.